The summed E-state index contributed by atoms with van der Waals surface area (Å²) in [7, 11) is 1.47. The van der Waals surface area contributed by atoms with Crippen LogP contribution in [0.25, 0.3) is 21.1 Å². The van der Waals surface area contributed by atoms with E-state index in [-0.39, 0.29) is 11.8 Å². The molecule has 2 aromatic carbocycles. The van der Waals surface area contributed by atoms with E-state index in [0.29, 0.717) is 5.52 Å². The molecule has 1 unspecified atom stereocenters. The molecular weight excluding hydrogens is 363 g/mol. The largest absolute Gasteiger partial charge is 0.494 e. The van der Waals surface area contributed by atoms with Crippen LogP contribution < -0.4 is 9.64 Å². The number of hydrogen-bond donors (Lipinski definition) is 0. The molecule has 136 valence electrons. The van der Waals surface area contributed by atoms with Gasteiger partial charge in [0.1, 0.15) is 17.2 Å². The van der Waals surface area contributed by atoms with Crippen LogP contribution in [0.15, 0.2) is 42.7 Å². The fourth-order valence-corrected chi connectivity index (χ4v) is 4.85. The van der Waals surface area contributed by atoms with Gasteiger partial charge in [0, 0.05) is 18.0 Å². The van der Waals surface area contributed by atoms with E-state index < -0.39 is 5.82 Å². The smallest absolute Gasteiger partial charge is 0.167 e. The number of halogens is 1. The van der Waals surface area contributed by atoms with Crippen molar-refractivity contribution < 1.29 is 9.13 Å². The number of aromatic nitrogens is 3. The number of anilines is 1. The number of hydrogen-bond acceptors (Lipinski definition) is 6. The minimum atomic E-state index is -0.418. The fraction of sp³-hybridized carbons (Fsp3) is 0.250. The van der Waals surface area contributed by atoms with Crippen LogP contribution in [0.4, 0.5) is 10.2 Å². The van der Waals surface area contributed by atoms with Crippen LogP contribution in [0.3, 0.4) is 0 Å². The van der Waals surface area contributed by atoms with Crippen molar-refractivity contribution >= 4 is 38.3 Å². The average molecular weight is 380 g/mol. The molecule has 5 rings (SSSR count). The lowest BCUT2D eigenvalue weighted by molar-refractivity contribution is 0.387. The van der Waals surface area contributed by atoms with Crippen LogP contribution >= 0.6 is 11.3 Å². The third kappa shape index (κ3) is 2.70. The minimum absolute atomic E-state index is 0.163. The van der Waals surface area contributed by atoms with Crippen molar-refractivity contribution in [2.75, 3.05) is 18.6 Å². The molecule has 4 aromatic rings. The molecule has 0 bridgehead atoms. The van der Waals surface area contributed by atoms with Gasteiger partial charge in [-0.1, -0.05) is 12.1 Å². The minimum Gasteiger partial charge on any atom is -0.494 e. The quantitative estimate of drug-likeness (QED) is 0.514. The Morgan fingerprint density at radius 2 is 2.07 bits per heavy atom. The zero-order valence-corrected chi connectivity index (χ0v) is 15.5. The molecule has 1 atom stereocenters. The highest BCUT2D eigenvalue weighted by Crippen LogP contribution is 2.41. The summed E-state index contributed by atoms with van der Waals surface area (Å²) in [6.07, 6.45) is 3.57. The molecule has 0 amide bonds. The third-order valence-corrected chi connectivity index (χ3v) is 6.15. The van der Waals surface area contributed by atoms with Gasteiger partial charge in [0.2, 0.25) is 0 Å². The van der Waals surface area contributed by atoms with Gasteiger partial charge in [-0.05, 0) is 31.0 Å². The SMILES string of the molecule is COc1cc2c(N3CCCC3c3nc4ccccc4s3)ncnc2cc1F. The van der Waals surface area contributed by atoms with E-state index >= 15 is 0 Å². The molecule has 0 N–H and O–H groups in total. The number of benzene rings is 2. The van der Waals surface area contributed by atoms with Crippen molar-refractivity contribution in [2.24, 2.45) is 0 Å². The molecule has 1 aliphatic rings. The van der Waals surface area contributed by atoms with E-state index in [1.807, 2.05) is 18.2 Å². The summed E-state index contributed by atoms with van der Waals surface area (Å²) in [5, 5.41) is 1.89. The molecule has 1 fully saturated rings. The molecule has 7 heteroatoms. The van der Waals surface area contributed by atoms with Crippen LogP contribution in [0, 0.1) is 5.82 Å². The number of methoxy groups -OCH3 is 1. The number of ether oxygens (including phenoxy) is 1. The van der Waals surface area contributed by atoms with Gasteiger partial charge in [-0.3, -0.25) is 0 Å². The van der Waals surface area contributed by atoms with E-state index in [1.54, 1.807) is 17.4 Å². The average Bonchev–Trinajstić information content (AvgIpc) is 3.33. The number of thiazole rings is 1. The predicted octanol–water partition coefficient (Wildman–Crippen LogP) is 4.73. The highest BCUT2D eigenvalue weighted by atomic mass is 32.1. The van der Waals surface area contributed by atoms with Crippen molar-refractivity contribution in [3.05, 3.63) is 53.6 Å². The van der Waals surface area contributed by atoms with E-state index in [4.69, 9.17) is 9.72 Å². The van der Waals surface area contributed by atoms with Crippen molar-refractivity contribution in [2.45, 2.75) is 18.9 Å². The van der Waals surface area contributed by atoms with Gasteiger partial charge in [-0.2, -0.15) is 0 Å². The van der Waals surface area contributed by atoms with E-state index in [0.717, 1.165) is 41.1 Å². The molecule has 5 nitrogen and oxygen atoms in total. The second-order valence-corrected chi connectivity index (χ2v) is 7.63. The Bertz CT molecular complexity index is 1110. The molecule has 0 radical (unpaired) electrons. The lowest BCUT2D eigenvalue weighted by Crippen LogP contribution is -2.23. The highest BCUT2D eigenvalue weighted by Gasteiger charge is 2.31. The van der Waals surface area contributed by atoms with Crippen molar-refractivity contribution in [3.63, 3.8) is 0 Å². The van der Waals surface area contributed by atoms with Crippen molar-refractivity contribution in [1.29, 1.82) is 0 Å². The Morgan fingerprint density at radius 1 is 1.19 bits per heavy atom. The Morgan fingerprint density at radius 3 is 2.93 bits per heavy atom. The first kappa shape index (κ1) is 16.4. The fourth-order valence-electron chi connectivity index (χ4n) is 3.74. The van der Waals surface area contributed by atoms with Crippen LogP contribution in [-0.4, -0.2) is 28.6 Å². The first-order valence-electron chi connectivity index (χ1n) is 8.85. The van der Waals surface area contributed by atoms with Gasteiger partial charge in [-0.25, -0.2) is 19.3 Å². The Hall–Kier alpha value is -2.80. The maximum Gasteiger partial charge on any atom is 0.167 e. The zero-order valence-electron chi connectivity index (χ0n) is 14.7. The summed E-state index contributed by atoms with van der Waals surface area (Å²) in [6, 6.07) is 11.4. The standard InChI is InChI=1S/C20H17FN4OS/c1-26-17-9-12-15(10-13(17)21)22-11-23-19(12)25-8-4-6-16(25)20-24-14-5-2-3-7-18(14)27-20/h2-3,5,7,9-11,16H,4,6,8H2,1H3. The van der Waals surface area contributed by atoms with Gasteiger partial charge < -0.3 is 9.64 Å². The van der Waals surface area contributed by atoms with Crippen LogP contribution in [0.1, 0.15) is 23.9 Å². The monoisotopic (exact) mass is 380 g/mol. The highest BCUT2D eigenvalue weighted by molar-refractivity contribution is 7.18. The second kappa shape index (κ2) is 6.42. The third-order valence-electron chi connectivity index (χ3n) is 5.01. The second-order valence-electron chi connectivity index (χ2n) is 6.57. The Kier molecular flexibility index (Phi) is 3.89. The number of fused-ring (bicyclic) bond motifs is 2. The summed E-state index contributed by atoms with van der Waals surface area (Å²) in [4.78, 5) is 15.9. The molecule has 0 aliphatic carbocycles. The number of nitrogens with zero attached hydrogens (tertiary/aromatic N) is 4. The predicted molar refractivity (Wildman–Crippen MR) is 105 cm³/mol. The molecule has 2 aromatic heterocycles. The Balaban J connectivity index is 1.62. The maximum atomic E-state index is 14.1. The molecular formula is C20H17FN4OS. The molecule has 3 heterocycles. The lowest BCUT2D eigenvalue weighted by Gasteiger charge is -2.25. The van der Waals surface area contributed by atoms with Gasteiger partial charge >= 0.3 is 0 Å². The maximum absolute atomic E-state index is 14.1. The normalized spacial score (nSPS) is 17.1. The molecule has 1 aliphatic heterocycles. The molecule has 1 saturated heterocycles. The first-order valence-corrected chi connectivity index (χ1v) is 9.66. The van der Waals surface area contributed by atoms with Gasteiger partial charge in [0.05, 0.1) is 28.9 Å². The van der Waals surface area contributed by atoms with Gasteiger partial charge in [0.25, 0.3) is 0 Å². The summed E-state index contributed by atoms with van der Waals surface area (Å²) in [5.74, 6) is 0.591. The first-order chi connectivity index (χ1) is 13.2. The molecule has 27 heavy (non-hydrogen) atoms. The summed E-state index contributed by atoms with van der Waals surface area (Å²) >= 11 is 1.73. The number of para-hydroxylation sites is 1. The molecule has 0 spiro atoms. The van der Waals surface area contributed by atoms with Gasteiger partial charge in [0.15, 0.2) is 11.6 Å². The van der Waals surface area contributed by atoms with Crippen LogP contribution in [-0.2, 0) is 0 Å². The lowest BCUT2D eigenvalue weighted by atomic mass is 10.2. The summed E-state index contributed by atoms with van der Waals surface area (Å²) in [6.45, 7) is 0.881. The summed E-state index contributed by atoms with van der Waals surface area (Å²) in [5.41, 5.74) is 1.61. The van der Waals surface area contributed by atoms with E-state index in [9.17, 15) is 4.39 Å². The summed E-state index contributed by atoms with van der Waals surface area (Å²) < 4.78 is 20.4. The molecule has 0 saturated carbocycles. The van der Waals surface area contributed by atoms with Gasteiger partial charge in [-0.15, -0.1) is 11.3 Å². The van der Waals surface area contributed by atoms with E-state index in [2.05, 4.69) is 20.9 Å². The van der Waals surface area contributed by atoms with Crippen molar-refractivity contribution in [3.8, 4) is 5.75 Å². The van der Waals surface area contributed by atoms with Crippen LogP contribution in [0.2, 0.25) is 0 Å². The topological polar surface area (TPSA) is 51.1 Å². The Labute approximate surface area is 159 Å². The number of rotatable bonds is 3. The van der Waals surface area contributed by atoms with Crippen LogP contribution in [0.5, 0.6) is 5.75 Å². The van der Waals surface area contributed by atoms with Crippen molar-refractivity contribution in [1.82, 2.24) is 15.0 Å². The zero-order chi connectivity index (χ0) is 18.4. The van der Waals surface area contributed by atoms with E-state index in [1.165, 1.54) is 24.2 Å².